The van der Waals surface area contributed by atoms with Gasteiger partial charge < -0.3 is 0 Å². The molecule has 1 aromatic carbocycles. The number of hydrogen-bond donors (Lipinski definition) is 1. The van der Waals surface area contributed by atoms with Gasteiger partial charge in [-0.3, -0.25) is 10.3 Å². The van der Waals surface area contributed by atoms with E-state index in [1.165, 1.54) is 4.90 Å². The number of thioether (sulfide) groups is 1. The molecule has 1 unspecified atom stereocenters. The number of carbonyl (C=O) groups is 1. The Morgan fingerprint density at radius 3 is 2.53 bits per heavy atom. The SMILES string of the molecule is Cc1ccc(N2C(=N)C3CSC(C)(C)N3C2=O)cc1. The molecule has 100 valence electrons. The van der Waals surface area contributed by atoms with Gasteiger partial charge >= 0.3 is 6.03 Å². The Labute approximate surface area is 117 Å². The molecule has 0 bridgehead atoms. The number of anilines is 1. The Morgan fingerprint density at radius 2 is 1.95 bits per heavy atom. The summed E-state index contributed by atoms with van der Waals surface area (Å²) in [4.78, 5) is 15.7. The van der Waals surface area contributed by atoms with Gasteiger partial charge in [0.1, 0.15) is 11.9 Å². The first-order chi connectivity index (χ1) is 8.92. The van der Waals surface area contributed by atoms with Crippen molar-refractivity contribution in [1.29, 1.82) is 5.41 Å². The number of amidine groups is 1. The number of aryl methyl sites for hydroxylation is 1. The predicted octanol–water partition coefficient (Wildman–Crippen LogP) is 3.07. The third kappa shape index (κ3) is 1.75. The van der Waals surface area contributed by atoms with E-state index in [-0.39, 0.29) is 16.9 Å². The highest BCUT2D eigenvalue weighted by Gasteiger charge is 2.54. The maximum atomic E-state index is 12.6. The maximum absolute atomic E-state index is 12.6. The van der Waals surface area contributed by atoms with Crippen LogP contribution < -0.4 is 4.90 Å². The summed E-state index contributed by atoms with van der Waals surface area (Å²) in [6.45, 7) is 6.10. The topological polar surface area (TPSA) is 47.4 Å². The first-order valence-corrected chi connectivity index (χ1v) is 7.33. The smallest absolute Gasteiger partial charge is 0.299 e. The van der Waals surface area contributed by atoms with E-state index in [0.29, 0.717) is 5.84 Å². The van der Waals surface area contributed by atoms with E-state index in [1.54, 1.807) is 11.8 Å². The second-order valence-corrected chi connectivity index (χ2v) is 7.10. The van der Waals surface area contributed by atoms with Crippen molar-refractivity contribution in [2.45, 2.75) is 31.7 Å². The van der Waals surface area contributed by atoms with Crippen molar-refractivity contribution in [3.8, 4) is 0 Å². The standard InChI is InChI=1S/C14H17N3OS/c1-9-4-6-10(7-5-9)16-12(15)11-8-19-14(2,3)17(11)13(16)18/h4-7,11,15H,8H2,1-3H3. The van der Waals surface area contributed by atoms with E-state index >= 15 is 0 Å². The number of rotatable bonds is 1. The van der Waals surface area contributed by atoms with Crippen LogP contribution in [-0.2, 0) is 0 Å². The lowest BCUT2D eigenvalue weighted by atomic mass is 10.2. The molecule has 4 nitrogen and oxygen atoms in total. The molecule has 3 rings (SSSR count). The molecule has 5 heteroatoms. The van der Waals surface area contributed by atoms with Gasteiger partial charge in [0, 0.05) is 5.75 Å². The summed E-state index contributed by atoms with van der Waals surface area (Å²) in [5.74, 6) is 1.20. The molecule has 0 radical (unpaired) electrons. The molecular formula is C14H17N3OS. The van der Waals surface area contributed by atoms with Crippen LogP contribution in [0.25, 0.3) is 0 Å². The summed E-state index contributed by atoms with van der Waals surface area (Å²) in [7, 11) is 0. The number of hydrogen-bond acceptors (Lipinski definition) is 3. The minimum absolute atomic E-state index is 0.0751. The van der Waals surface area contributed by atoms with Crippen molar-refractivity contribution in [1.82, 2.24) is 4.90 Å². The molecule has 1 atom stereocenters. The molecule has 1 aromatic rings. The summed E-state index contributed by atoms with van der Waals surface area (Å²) >= 11 is 1.74. The fraction of sp³-hybridized carbons (Fsp3) is 0.429. The van der Waals surface area contributed by atoms with E-state index < -0.39 is 0 Å². The largest absolute Gasteiger partial charge is 0.331 e. The number of fused-ring (bicyclic) bond motifs is 1. The van der Waals surface area contributed by atoms with Crippen LogP contribution in [-0.4, -0.2) is 33.4 Å². The lowest BCUT2D eigenvalue weighted by Gasteiger charge is -2.29. The molecule has 0 saturated carbocycles. The molecule has 2 fully saturated rings. The van der Waals surface area contributed by atoms with Crippen molar-refractivity contribution < 1.29 is 4.79 Å². The summed E-state index contributed by atoms with van der Waals surface area (Å²) < 4.78 is 0. The number of amides is 2. The molecule has 1 N–H and O–H groups in total. The van der Waals surface area contributed by atoms with Crippen LogP contribution in [0.2, 0.25) is 0 Å². The Kier molecular flexibility index (Phi) is 2.64. The van der Waals surface area contributed by atoms with E-state index in [2.05, 4.69) is 0 Å². The minimum atomic E-state index is -0.229. The molecule has 2 aliphatic rings. The number of urea groups is 1. The average Bonchev–Trinajstić information content (AvgIpc) is 2.79. The molecule has 19 heavy (non-hydrogen) atoms. The highest BCUT2D eigenvalue weighted by molar-refractivity contribution is 8.00. The fourth-order valence-electron chi connectivity index (χ4n) is 2.67. The molecule has 2 saturated heterocycles. The second-order valence-electron chi connectivity index (χ2n) is 5.48. The summed E-state index contributed by atoms with van der Waals surface area (Å²) in [6, 6.07) is 7.59. The van der Waals surface area contributed by atoms with Crippen LogP contribution in [0.4, 0.5) is 10.5 Å². The summed E-state index contributed by atoms with van der Waals surface area (Å²) in [6.07, 6.45) is 0. The molecule has 0 aliphatic carbocycles. The van der Waals surface area contributed by atoms with Gasteiger partial charge in [-0.2, -0.15) is 0 Å². The van der Waals surface area contributed by atoms with Crippen molar-refractivity contribution in [2.24, 2.45) is 0 Å². The van der Waals surface area contributed by atoms with Gasteiger partial charge in [0.05, 0.1) is 10.6 Å². The molecule has 2 heterocycles. The minimum Gasteiger partial charge on any atom is -0.299 e. The van der Waals surface area contributed by atoms with Crippen LogP contribution in [0.5, 0.6) is 0 Å². The Morgan fingerprint density at radius 1 is 1.32 bits per heavy atom. The third-order valence-electron chi connectivity index (χ3n) is 3.73. The number of nitrogens with one attached hydrogen (secondary N) is 1. The zero-order chi connectivity index (χ0) is 13.8. The number of carbonyl (C=O) groups excluding carboxylic acids is 1. The van der Waals surface area contributed by atoms with Crippen LogP contribution in [0.15, 0.2) is 24.3 Å². The van der Waals surface area contributed by atoms with Crippen LogP contribution in [0.3, 0.4) is 0 Å². The Balaban J connectivity index is 1.99. The molecule has 0 spiro atoms. The highest BCUT2D eigenvalue weighted by atomic mass is 32.2. The van der Waals surface area contributed by atoms with E-state index in [4.69, 9.17) is 5.41 Å². The second kappa shape index (κ2) is 4.00. The van der Waals surface area contributed by atoms with Crippen molar-refractivity contribution >= 4 is 29.3 Å². The van der Waals surface area contributed by atoms with E-state index in [0.717, 1.165) is 17.0 Å². The predicted molar refractivity (Wildman–Crippen MR) is 78.9 cm³/mol. The first-order valence-electron chi connectivity index (χ1n) is 6.34. The summed E-state index contributed by atoms with van der Waals surface area (Å²) in [5, 5.41) is 8.28. The van der Waals surface area contributed by atoms with Gasteiger partial charge in [0.2, 0.25) is 0 Å². The third-order valence-corrected chi connectivity index (χ3v) is 5.12. The normalized spacial score (nSPS) is 25.1. The van der Waals surface area contributed by atoms with Crippen LogP contribution >= 0.6 is 11.8 Å². The highest BCUT2D eigenvalue weighted by Crippen LogP contribution is 2.44. The van der Waals surface area contributed by atoms with Crippen molar-refractivity contribution in [3.05, 3.63) is 29.8 Å². The van der Waals surface area contributed by atoms with Crippen molar-refractivity contribution in [2.75, 3.05) is 10.7 Å². The lowest BCUT2D eigenvalue weighted by molar-refractivity contribution is 0.193. The zero-order valence-electron chi connectivity index (χ0n) is 11.3. The maximum Gasteiger partial charge on any atom is 0.331 e. The van der Waals surface area contributed by atoms with Crippen molar-refractivity contribution in [3.63, 3.8) is 0 Å². The van der Waals surface area contributed by atoms with E-state index in [9.17, 15) is 4.79 Å². The molecule has 2 amide bonds. The van der Waals surface area contributed by atoms with E-state index in [1.807, 2.05) is 49.9 Å². The monoisotopic (exact) mass is 275 g/mol. The van der Waals surface area contributed by atoms with Crippen LogP contribution in [0, 0.1) is 12.3 Å². The zero-order valence-corrected chi connectivity index (χ0v) is 12.1. The lowest BCUT2D eigenvalue weighted by Crippen LogP contribution is -2.43. The Hall–Kier alpha value is -1.49. The van der Waals surface area contributed by atoms with Crippen LogP contribution in [0.1, 0.15) is 19.4 Å². The molecule has 0 aromatic heterocycles. The fourth-order valence-corrected chi connectivity index (χ4v) is 3.89. The first kappa shape index (κ1) is 12.5. The number of benzene rings is 1. The van der Waals surface area contributed by atoms with Gasteiger partial charge in [-0.1, -0.05) is 17.7 Å². The summed E-state index contributed by atoms with van der Waals surface area (Å²) in [5.41, 5.74) is 1.94. The van der Waals surface area contributed by atoms with Gasteiger partial charge in [0.15, 0.2) is 0 Å². The van der Waals surface area contributed by atoms with Gasteiger partial charge in [0.25, 0.3) is 0 Å². The van der Waals surface area contributed by atoms with Gasteiger partial charge in [-0.25, -0.2) is 9.69 Å². The molecular weight excluding hydrogens is 258 g/mol. The van der Waals surface area contributed by atoms with Gasteiger partial charge in [-0.05, 0) is 32.9 Å². The quantitative estimate of drug-likeness (QED) is 0.856. The molecule has 2 aliphatic heterocycles. The van der Waals surface area contributed by atoms with Gasteiger partial charge in [-0.15, -0.1) is 11.8 Å². The average molecular weight is 275 g/mol. The Bertz CT molecular complexity index is 552. The number of nitrogens with zero attached hydrogens (tertiary/aromatic N) is 2.